The van der Waals surface area contributed by atoms with Gasteiger partial charge in [0.25, 0.3) is 0 Å². The number of hydrogen-bond donors (Lipinski definition) is 1. The Morgan fingerprint density at radius 1 is 1.11 bits per heavy atom. The van der Waals surface area contributed by atoms with Crippen LogP contribution in [0.5, 0.6) is 11.5 Å². The number of halogens is 5. The molecule has 4 rings (SSSR count). The molecule has 10 heteroatoms. The third kappa shape index (κ3) is 6.27. The number of ether oxygens (including phenoxy) is 2. The standard InChI is InChI=1S/C27H29ClF4N2O3/c1-36-17-2-3-24-19(12-17)25(20(28)15-33-24)21(29)4-5-27(16-35)6-8-34(9-7-27)10-11-37-18-13-22(30)26(32)23(31)14-18/h2-3,12-15,21,35H,4-11,16H2,1H3/t21-/m1/s1. The summed E-state index contributed by atoms with van der Waals surface area (Å²) in [5.41, 5.74) is 0.584. The van der Waals surface area contributed by atoms with E-state index in [9.17, 15) is 18.3 Å². The number of aliphatic hydroxyl groups excluding tert-OH is 1. The first kappa shape index (κ1) is 27.4. The van der Waals surface area contributed by atoms with Crippen molar-refractivity contribution in [1.29, 1.82) is 0 Å². The second kappa shape index (κ2) is 11.8. The Bertz CT molecular complexity index is 1210. The van der Waals surface area contributed by atoms with Crippen LogP contribution in [-0.2, 0) is 0 Å². The maximum atomic E-state index is 15.6. The van der Waals surface area contributed by atoms with Gasteiger partial charge in [-0.25, -0.2) is 17.6 Å². The third-order valence-electron chi connectivity index (χ3n) is 7.20. The number of likely N-dealkylation sites (tertiary alicyclic amines) is 1. The molecule has 1 N–H and O–H groups in total. The van der Waals surface area contributed by atoms with E-state index in [-0.39, 0.29) is 30.4 Å². The van der Waals surface area contributed by atoms with Gasteiger partial charge in [-0.2, -0.15) is 0 Å². The average molecular weight is 541 g/mol. The van der Waals surface area contributed by atoms with E-state index in [0.717, 1.165) is 12.1 Å². The zero-order valence-corrected chi connectivity index (χ0v) is 21.2. The first-order chi connectivity index (χ1) is 17.7. The molecule has 37 heavy (non-hydrogen) atoms. The zero-order chi connectivity index (χ0) is 26.6. The number of fused-ring (bicyclic) bond motifs is 1. The smallest absolute Gasteiger partial charge is 0.194 e. The van der Waals surface area contributed by atoms with Crippen molar-refractivity contribution in [3.63, 3.8) is 0 Å². The molecule has 0 bridgehead atoms. The lowest BCUT2D eigenvalue weighted by atomic mass is 9.74. The van der Waals surface area contributed by atoms with Gasteiger partial charge in [-0.05, 0) is 62.4 Å². The fourth-order valence-electron chi connectivity index (χ4n) is 4.84. The molecule has 1 aliphatic rings. The summed E-state index contributed by atoms with van der Waals surface area (Å²) in [6.07, 6.45) is 2.12. The van der Waals surface area contributed by atoms with E-state index in [1.165, 1.54) is 13.3 Å². The molecule has 0 amide bonds. The van der Waals surface area contributed by atoms with Crippen molar-refractivity contribution < 1.29 is 32.1 Å². The highest BCUT2D eigenvalue weighted by atomic mass is 35.5. The molecule has 200 valence electrons. The van der Waals surface area contributed by atoms with Crippen LogP contribution in [0, 0.1) is 22.9 Å². The summed E-state index contributed by atoms with van der Waals surface area (Å²) < 4.78 is 66.0. The molecule has 5 nitrogen and oxygen atoms in total. The largest absolute Gasteiger partial charge is 0.497 e. The van der Waals surface area contributed by atoms with Gasteiger partial charge in [0.05, 0.1) is 17.6 Å². The monoisotopic (exact) mass is 540 g/mol. The highest BCUT2D eigenvalue weighted by Crippen LogP contribution is 2.41. The first-order valence-electron chi connectivity index (χ1n) is 12.1. The molecule has 1 atom stereocenters. The fraction of sp³-hybridized carbons (Fsp3) is 0.444. The lowest BCUT2D eigenvalue weighted by Crippen LogP contribution is -2.43. The van der Waals surface area contributed by atoms with E-state index in [1.807, 2.05) is 0 Å². The summed E-state index contributed by atoms with van der Waals surface area (Å²) in [5, 5.41) is 11.0. The molecular formula is C27H29ClF4N2O3. The summed E-state index contributed by atoms with van der Waals surface area (Å²) in [6.45, 7) is 1.91. The molecule has 0 unspecified atom stereocenters. The van der Waals surface area contributed by atoms with Crippen molar-refractivity contribution in [2.45, 2.75) is 31.9 Å². The van der Waals surface area contributed by atoms with Gasteiger partial charge in [-0.15, -0.1) is 0 Å². The number of alkyl halides is 1. The molecule has 0 spiro atoms. The summed E-state index contributed by atoms with van der Waals surface area (Å²) in [5.74, 6) is -3.62. The molecule has 0 saturated carbocycles. The summed E-state index contributed by atoms with van der Waals surface area (Å²) >= 11 is 6.35. The first-order valence-corrected chi connectivity index (χ1v) is 12.5. The van der Waals surface area contributed by atoms with E-state index in [1.54, 1.807) is 18.2 Å². The molecule has 2 heterocycles. The Morgan fingerprint density at radius 2 is 1.81 bits per heavy atom. The number of aromatic nitrogens is 1. The summed E-state index contributed by atoms with van der Waals surface area (Å²) in [7, 11) is 1.54. The molecule has 0 radical (unpaired) electrons. The van der Waals surface area contributed by atoms with Crippen molar-refractivity contribution in [2.24, 2.45) is 5.41 Å². The molecule has 1 aromatic heterocycles. The quantitative estimate of drug-likeness (QED) is 0.243. The number of piperidine rings is 1. The third-order valence-corrected chi connectivity index (χ3v) is 7.50. The number of aliphatic hydroxyl groups is 1. The van der Waals surface area contributed by atoms with Gasteiger partial charge in [0.2, 0.25) is 0 Å². The predicted octanol–water partition coefficient (Wildman–Crippen LogP) is 6.26. The minimum Gasteiger partial charge on any atom is -0.497 e. The van der Waals surface area contributed by atoms with Crippen molar-refractivity contribution >= 4 is 22.5 Å². The molecule has 1 aliphatic heterocycles. The van der Waals surface area contributed by atoms with Gasteiger partial charge < -0.3 is 14.6 Å². The number of benzene rings is 2. The maximum Gasteiger partial charge on any atom is 0.194 e. The van der Waals surface area contributed by atoms with Crippen molar-refractivity contribution in [3.8, 4) is 11.5 Å². The van der Waals surface area contributed by atoms with Gasteiger partial charge >= 0.3 is 0 Å². The summed E-state index contributed by atoms with van der Waals surface area (Å²) in [4.78, 5) is 6.39. The minimum atomic E-state index is -1.53. The van der Waals surface area contributed by atoms with E-state index in [2.05, 4.69) is 9.88 Å². The normalized spacial score (nSPS) is 16.6. The second-order valence-electron chi connectivity index (χ2n) is 9.46. The Morgan fingerprint density at radius 3 is 2.46 bits per heavy atom. The number of rotatable bonds is 10. The van der Waals surface area contributed by atoms with Crippen LogP contribution >= 0.6 is 11.6 Å². The molecular weight excluding hydrogens is 512 g/mol. The van der Waals surface area contributed by atoms with Gasteiger partial charge in [0.1, 0.15) is 24.3 Å². The van der Waals surface area contributed by atoms with Crippen LogP contribution in [-0.4, -0.2) is 54.9 Å². The number of nitrogens with zero attached hydrogens (tertiary/aromatic N) is 2. The average Bonchev–Trinajstić information content (AvgIpc) is 2.90. The van der Waals surface area contributed by atoms with Gasteiger partial charge in [-0.3, -0.25) is 9.88 Å². The zero-order valence-electron chi connectivity index (χ0n) is 20.5. The van der Waals surface area contributed by atoms with Crippen LogP contribution in [0.15, 0.2) is 36.5 Å². The van der Waals surface area contributed by atoms with E-state index in [4.69, 9.17) is 21.1 Å². The van der Waals surface area contributed by atoms with E-state index < -0.39 is 29.0 Å². The number of methoxy groups -OCH3 is 1. The molecule has 2 aromatic carbocycles. The number of pyridine rings is 1. The highest BCUT2D eigenvalue weighted by molar-refractivity contribution is 6.32. The highest BCUT2D eigenvalue weighted by Gasteiger charge is 2.35. The minimum absolute atomic E-state index is 0.0587. The fourth-order valence-corrected chi connectivity index (χ4v) is 5.11. The van der Waals surface area contributed by atoms with Crippen LogP contribution in [0.4, 0.5) is 17.6 Å². The Labute approximate surface area is 218 Å². The van der Waals surface area contributed by atoms with E-state index >= 15 is 4.39 Å². The van der Waals surface area contributed by atoms with Crippen LogP contribution in [0.3, 0.4) is 0 Å². The Balaban J connectivity index is 1.32. The van der Waals surface area contributed by atoms with Crippen LogP contribution in [0.25, 0.3) is 10.9 Å². The Kier molecular flexibility index (Phi) is 8.77. The maximum absolute atomic E-state index is 15.6. The molecule has 0 aliphatic carbocycles. The van der Waals surface area contributed by atoms with E-state index in [0.29, 0.717) is 61.1 Å². The van der Waals surface area contributed by atoms with Crippen LogP contribution < -0.4 is 9.47 Å². The molecule has 1 saturated heterocycles. The van der Waals surface area contributed by atoms with Gasteiger partial charge in [0.15, 0.2) is 17.5 Å². The summed E-state index contributed by atoms with van der Waals surface area (Å²) in [6, 6.07) is 6.88. The van der Waals surface area contributed by atoms with Crippen molar-refractivity contribution in [3.05, 3.63) is 64.6 Å². The number of hydrogen-bond acceptors (Lipinski definition) is 5. The predicted molar refractivity (Wildman–Crippen MR) is 133 cm³/mol. The van der Waals surface area contributed by atoms with Crippen molar-refractivity contribution in [1.82, 2.24) is 9.88 Å². The topological polar surface area (TPSA) is 54.8 Å². The Hall–Kier alpha value is -2.62. The van der Waals surface area contributed by atoms with Gasteiger partial charge in [-0.1, -0.05) is 11.6 Å². The molecule has 1 fully saturated rings. The second-order valence-corrected chi connectivity index (χ2v) is 9.87. The molecule has 3 aromatic rings. The van der Waals surface area contributed by atoms with Gasteiger partial charge in [0, 0.05) is 42.4 Å². The van der Waals surface area contributed by atoms with Crippen molar-refractivity contribution in [2.75, 3.05) is 40.0 Å². The SMILES string of the molecule is COc1ccc2ncc(Cl)c([C@H](F)CCC3(CO)CCN(CCOc4cc(F)c(F)c(F)c4)CC3)c2c1. The lowest BCUT2D eigenvalue weighted by Gasteiger charge is -2.41. The van der Waals surface area contributed by atoms with Crippen LogP contribution in [0.1, 0.15) is 37.4 Å². The lowest BCUT2D eigenvalue weighted by molar-refractivity contribution is 0.0266. The van der Waals surface area contributed by atoms with Crippen LogP contribution in [0.2, 0.25) is 5.02 Å².